The Hall–Kier alpha value is -1.03. The largest absolute Gasteiger partial charge is 0.294 e. The Balaban J connectivity index is 2.44. The summed E-state index contributed by atoms with van der Waals surface area (Å²) in [5.41, 5.74) is 4.09. The van der Waals surface area contributed by atoms with Crippen LogP contribution in [0.1, 0.15) is 23.7 Å². The molecule has 0 aliphatic rings. The molecule has 0 spiro atoms. The summed E-state index contributed by atoms with van der Waals surface area (Å²) in [6.07, 6.45) is 0. The van der Waals surface area contributed by atoms with Gasteiger partial charge in [-0.25, -0.2) is 4.98 Å². The molecule has 0 saturated heterocycles. The van der Waals surface area contributed by atoms with Crippen LogP contribution in [-0.4, -0.2) is 9.55 Å². The Kier molecular flexibility index (Phi) is 4.00. The van der Waals surface area contributed by atoms with Gasteiger partial charge in [-0.05, 0) is 59.6 Å². The SMILES string of the molecule is Cc1cccc2nc(C(C)Cl)n(-c3cc(Cl)ccc3Br)c12. The number of aryl methyl sites for hydroxylation is 1. The van der Waals surface area contributed by atoms with E-state index in [9.17, 15) is 0 Å². The topological polar surface area (TPSA) is 17.8 Å². The van der Waals surface area contributed by atoms with Crippen molar-refractivity contribution in [2.24, 2.45) is 0 Å². The van der Waals surface area contributed by atoms with Crippen LogP contribution in [0.3, 0.4) is 0 Å². The van der Waals surface area contributed by atoms with E-state index in [0.29, 0.717) is 5.02 Å². The molecule has 1 heterocycles. The molecule has 108 valence electrons. The zero-order chi connectivity index (χ0) is 15.1. The van der Waals surface area contributed by atoms with Gasteiger partial charge < -0.3 is 0 Å². The zero-order valence-corrected chi connectivity index (χ0v) is 14.7. The standard InChI is InChI=1S/C16H13BrCl2N2/c1-9-4-3-5-13-15(9)21(16(20-13)10(2)18)14-8-11(19)6-7-12(14)17/h3-8,10H,1-2H3. The third kappa shape index (κ3) is 2.59. The molecule has 21 heavy (non-hydrogen) atoms. The Morgan fingerprint density at radius 3 is 2.71 bits per heavy atom. The fraction of sp³-hybridized carbons (Fsp3) is 0.188. The molecule has 0 radical (unpaired) electrons. The van der Waals surface area contributed by atoms with Crippen molar-refractivity contribution in [2.75, 3.05) is 0 Å². The van der Waals surface area contributed by atoms with Gasteiger partial charge in [-0.2, -0.15) is 0 Å². The van der Waals surface area contributed by atoms with E-state index in [0.717, 1.165) is 32.6 Å². The molecule has 0 fully saturated rings. The monoisotopic (exact) mass is 382 g/mol. The summed E-state index contributed by atoms with van der Waals surface area (Å²) >= 11 is 16.1. The van der Waals surface area contributed by atoms with Gasteiger partial charge in [-0.1, -0.05) is 23.7 Å². The van der Waals surface area contributed by atoms with Crippen LogP contribution in [0.5, 0.6) is 0 Å². The predicted octanol–water partition coefficient (Wildman–Crippen LogP) is 6.05. The second kappa shape index (κ2) is 5.64. The maximum absolute atomic E-state index is 6.34. The summed E-state index contributed by atoms with van der Waals surface area (Å²) < 4.78 is 3.03. The number of aromatic nitrogens is 2. The number of para-hydroxylation sites is 1. The molecule has 3 aromatic rings. The van der Waals surface area contributed by atoms with Crippen molar-refractivity contribution < 1.29 is 0 Å². The van der Waals surface area contributed by atoms with Gasteiger partial charge in [-0.3, -0.25) is 4.57 Å². The number of fused-ring (bicyclic) bond motifs is 1. The van der Waals surface area contributed by atoms with E-state index in [4.69, 9.17) is 23.2 Å². The second-order valence-corrected chi connectivity index (χ2v) is 6.91. The highest BCUT2D eigenvalue weighted by molar-refractivity contribution is 9.10. The van der Waals surface area contributed by atoms with Crippen molar-refractivity contribution in [3.8, 4) is 5.69 Å². The quantitative estimate of drug-likeness (QED) is 0.492. The van der Waals surface area contributed by atoms with Gasteiger partial charge in [0.2, 0.25) is 0 Å². The minimum atomic E-state index is -0.206. The number of benzene rings is 2. The Bertz CT molecular complexity index is 825. The van der Waals surface area contributed by atoms with Gasteiger partial charge in [-0.15, -0.1) is 11.6 Å². The lowest BCUT2D eigenvalue weighted by Crippen LogP contribution is -2.03. The van der Waals surface area contributed by atoms with Crippen molar-refractivity contribution in [3.63, 3.8) is 0 Å². The highest BCUT2D eigenvalue weighted by atomic mass is 79.9. The number of alkyl halides is 1. The third-order valence-corrected chi connectivity index (χ3v) is 4.51. The zero-order valence-electron chi connectivity index (χ0n) is 11.6. The molecule has 0 N–H and O–H groups in total. The minimum Gasteiger partial charge on any atom is -0.294 e. The van der Waals surface area contributed by atoms with Crippen molar-refractivity contribution in [2.45, 2.75) is 19.2 Å². The van der Waals surface area contributed by atoms with Gasteiger partial charge >= 0.3 is 0 Å². The van der Waals surface area contributed by atoms with E-state index in [1.54, 1.807) is 0 Å². The van der Waals surface area contributed by atoms with Crippen molar-refractivity contribution >= 4 is 50.2 Å². The minimum absolute atomic E-state index is 0.206. The van der Waals surface area contributed by atoms with Gasteiger partial charge in [0.15, 0.2) is 0 Å². The average Bonchev–Trinajstić information content (AvgIpc) is 2.82. The summed E-state index contributed by atoms with van der Waals surface area (Å²) in [6.45, 7) is 3.99. The molecule has 0 aliphatic heterocycles. The van der Waals surface area contributed by atoms with E-state index < -0.39 is 0 Å². The predicted molar refractivity (Wildman–Crippen MR) is 92.8 cm³/mol. The molecule has 0 aliphatic carbocycles. The van der Waals surface area contributed by atoms with Crippen LogP contribution in [-0.2, 0) is 0 Å². The van der Waals surface area contributed by atoms with Crippen LogP contribution in [0.2, 0.25) is 5.02 Å². The first-order chi connectivity index (χ1) is 9.99. The first-order valence-corrected chi connectivity index (χ1v) is 8.17. The fourth-order valence-corrected chi connectivity index (χ4v) is 3.22. The molecular weight excluding hydrogens is 371 g/mol. The molecule has 0 amide bonds. The maximum atomic E-state index is 6.34. The van der Waals surface area contributed by atoms with Gasteiger partial charge in [0.25, 0.3) is 0 Å². The van der Waals surface area contributed by atoms with E-state index in [1.165, 1.54) is 0 Å². The van der Waals surface area contributed by atoms with E-state index in [-0.39, 0.29) is 5.38 Å². The van der Waals surface area contributed by atoms with Gasteiger partial charge in [0, 0.05) is 9.50 Å². The molecule has 0 bridgehead atoms. The van der Waals surface area contributed by atoms with Crippen molar-refractivity contribution in [1.29, 1.82) is 0 Å². The molecule has 1 atom stereocenters. The molecule has 2 aromatic carbocycles. The second-order valence-electron chi connectivity index (χ2n) is 4.96. The third-order valence-electron chi connectivity index (χ3n) is 3.41. The molecule has 1 unspecified atom stereocenters. The summed E-state index contributed by atoms with van der Waals surface area (Å²) in [5.74, 6) is 0.809. The molecule has 0 saturated carbocycles. The molecule has 2 nitrogen and oxygen atoms in total. The smallest absolute Gasteiger partial charge is 0.132 e. The first kappa shape index (κ1) is 14.9. The number of hydrogen-bond acceptors (Lipinski definition) is 1. The van der Waals surface area contributed by atoms with Crippen LogP contribution < -0.4 is 0 Å². The highest BCUT2D eigenvalue weighted by Gasteiger charge is 2.19. The first-order valence-electron chi connectivity index (χ1n) is 6.56. The van der Waals surface area contributed by atoms with E-state index in [1.807, 2.05) is 37.3 Å². The van der Waals surface area contributed by atoms with Crippen LogP contribution in [0, 0.1) is 6.92 Å². The molecule has 1 aromatic heterocycles. The number of hydrogen-bond donors (Lipinski definition) is 0. The Morgan fingerprint density at radius 2 is 2.00 bits per heavy atom. The normalized spacial score (nSPS) is 12.8. The lowest BCUT2D eigenvalue weighted by molar-refractivity contribution is 0.879. The van der Waals surface area contributed by atoms with Gasteiger partial charge in [0.05, 0.1) is 22.1 Å². The molecule has 5 heteroatoms. The van der Waals surface area contributed by atoms with Gasteiger partial charge in [0.1, 0.15) is 5.82 Å². The Morgan fingerprint density at radius 1 is 1.24 bits per heavy atom. The summed E-state index contributed by atoms with van der Waals surface area (Å²) in [6, 6.07) is 11.8. The number of halogens is 3. The van der Waals surface area contributed by atoms with Crippen LogP contribution >= 0.6 is 39.1 Å². The summed E-state index contributed by atoms with van der Waals surface area (Å²) in [5, 5.41) is 0.472. The lowest BCUT2D eigenvalue weighted by Gasteiger charge is -2.14. The lowest BCUT2D eigenvalue weighted by atomic mass is 10.2. The van der Waals surface area contributed by atoms with E-state index >= 15 is 0 Å². The van der Waals surface area contributed by atoms with E-state index in [2.05, 4.69) is 38.5 Å². The fourth-order valence-electron chi connectivity index (χ4n) is 2.48. The maximum Gasteiger partial charge on any atom is 0.132 e. The molecular formula is C16H13BrCl2N2. The molecule has 3 rings (SSSR count). The Labute approximate surface area is 141 Å². The number of imidazole rings is 1. The number of nitrogens with zero attached hydrogens (tertiary/aromatic N) is 2. The highest BCUT2D eigenvalue weighted by Crippen LogP contribution is 2.34. The van der Waals surface area contributed by atoms with Crippen molar-refractivity contribution in [1.82, 2.24) is 9.55 Å². The van der Waals surface area contributed by atoms with Crippen LogP contribution in [0.25, 0.3) is 16.7 Å². The van der Waals surface area contributed by atoms with Crippen molar-refractivity contribution in [3.05, 3.63) is 57.3 Å². The van der Waals surface area contributed by atoms with Crippen LogP contribution in [0.4, 0.5) is 0 Å². The summed E-state index contributed by atoms with van der Waals surface area (Å²) in [7, 11) is 0. The van der Waals surface area contributed by atoms with Crippen LogP contribution in [0.15, 0.2) is 40.9 Å². The average molecular weight is 384 g/mol. The number of rotatable bonds is 2. The summed E-state index contributed by atoms with van der Waals surface area (Å²) in [4.78, 5) is 4.69.